The average molecular weight is 305 g/mol. The Morgan fingerprint density at radius 2 is 1.95 bits per heavy atom. The van der Waals surface area contributed by atoms with Gasteiger partial charge in [-0.3, -0.25) is 0 Å². The second-order valence-corrected chi connectivity index (χ2v) is 4.47. The van der Waals surface area contributed by atoms with E-state index in [4.69, 9.17) is 10.9 Å². The van der Waals surface area contributed by atoms with Gasteiger partial charge in [-0.05, 0) is 30.7 Å². The topological polar surface area (TPSA) is 71.1 Å². The van der Waals surface area contributed by atoms with Gasteiger partial charge in [0.2, 0.25) is 0 Å². The molecular weight excluding hydrogens is 287 g/mol. The Bertz CT molecular complexity index is 461. The van der Waals surface area contributed by atoms with Crippen LogP contribution in [0.15, 0.2) is 29.4 Å². The molecule has 0 aromatic heterocycles. The van der Waals surface area contributed by atoms with Gasteiger partial charge < -0.3 is 20.6 Å². The van der Waals surface area contributed by atoms with Crippen LogP contribution in [0.2, 0.25) is 0 Å². The fraction of sp³-hybridized carbons (Fsp3) is 0.462. The molecule has 21 heavy (non-hydrogen) atoms. The highest BCUT2D eigenvalue weighted by Crippen LogP contribution is 2.16. The van der Waals surface area contributed by atoms with Gasteiger partial charge in [0.15, 0.2) is 5.84 Å². The lowest BCUT2D eigenvalue weighted by molar-refractivity contribution is -0.173. The number of amidine groups is 1. The van der Waals surface area contributed by atoms with Crippen LogP contribution in [0.3, 0.4) is 0 Å². The standard InChI is InChI=1S/C13H18F3N3O2/c1-19(7-2-8-21-9-13(14,15)16)11-5-3-10(4-6-11)12(17)18-20/h3-6,20H,2,7-9H2,1H3,(H2,17,18). The van der Waals surface area contributed by atoms with Crippen LogP contribution in [-0.4, -0.2) is 44.0 Å². The number of rotatable bonds is 7. The van der Waals surface area contributed by atoms with Crippen LogP contribution < -0.4 is 10.6 Å². The number of ether oxygens (including phenoxy) is 1. The predicted octanol–water partition coefficient (Wildman–Crippen LogP) is 2.19. The van der Waals surface area contributed by atoms with Crippen LogP contribution in [0.5, 0.6) is 0 Å². The zero-order valence-electron chi connectivity index (χ0n) is 11.6. The summed E-state index contributed by atoms with van der Waals surface area (Å²) in [7, 11) is 1.82. The molecule has 0 aliphatic heterocycles. The van der Waals surface area contributed by atoms with Crippen LogP contribution in [0.25, 0.3) is 0 Å². The fourth-order valence-electron chi connectivity index (χ4n) is 1.67. The number of benzene rings is 1. The molecule has 0 amide bonds. The van der Waals surface area contributed by atoms with Crippen molar-refractivity contribution in [1.82, 2.24) is 0 Å². The minimum absolute atomic E-state index is 0.0183. The molecule has 8 heteroatoms. The summed E-state index contributed by atoms with van der Waals surface area (Å²) in [5.74, 6) is 0.0183. The van der Waals surface area contributed by atoms with Crippen molar-refractivity contribution in [2.24, 2.45) is 10.9 Å². The maximum atomic E-state index is 11.9. The molecule has 1 aromatic rings. The maximum absolute atomic E-state index is 11.9. The molecule has 0 saturated carbocycles. The summed E-state index contributed by atoms with van der Waals surface area (Å²) in [6.07, 6.45) is -3.80. The van der Waals surface area contributed by atoms with Gasteiger partial charge in [0.1, 0.15) is 6.61 Å². The number of hydrogen-bond donors (Lipinski definition) is 2. The van der Waals surface area contributed by atoms with E-state index in [1.807, 2.05) is 11.9 Å². The maximum Gasteiger partial charge on any atom is 0.411 e. The van der Waals surface area contributed by atoms with E-state index in [0.717, 1.165) is 5.69 Å². The lowest BCUT2D eigenvalue weighted by Gasteiger charge is -2.19. The number of hydrogen-bond acceptors (Lipinski definition) is 4. The number of oxime groups is 1. The van der Waals surface area contributed by atoms with E-state index in [2.05, 4.69) is 9.89 Å². The Morgan fingerprint density at radius 1 is 1.33 bits per heavy atom. The van der Waals surface area contributed by atoms with Crippen molar-refractivity contribution in [3.8, 4) is 0 Å². The first-order valence-corrected chi connectivity index (χ1v) is 6.27. The first-order valence-electron chi connectivity index (χ1n) is 6.27. The van der Waals surface area contributed by atoms with Crippen molar-refractivity contribution in [2.45, 2.75) is 12.6 Å². The van der Waals surface area contributed by atoms with E-state index in [-0.39, 0.29) is 12.4 Å². The molecule has 3 N–H and O–H groups in total. The van der Waals surface area contributed by atoms with Gasteiger partial charge in [-0.1, -0.05) is 5.16 Å². The fourth-order valence-corrected chi connectivity index (χ4v) is 1.67. The third-order valence-corrected chi connectivity index (χ3v) is 2.76. The summed E-state index contributed by atoms with van der Waals surface area (Å²) in [6.45, 7) is -0.613. The molecule has 0 heterocycles. The van der Waals surface area contributed by atoms with Crippen LogP contribution in [-0.2, 0) is 4.74 Å². The molecule has 118 valence electrons. The molecule has 0 saturated heterocycles. The zero-order valence-corrected chi connectivity index (χ0v) is 11.6. The average Bonchev–Trinajstić information content (AvgIpc) is 2.44. The van der Waals surface area contributed by atoms with Gasteiger partial charge in [0.05, 0.1) is 0 Å². The Morgan fingerprint density at radius 3 is 2.48 bits per heavy atom. The summed E-state index contributed by atoms with van der Waals surface area (Å²) < 4.78 is 40.1. The Kier molecular flexibility index (Phi) is 6.29. The van der Waals surface area contributed by atoms with Gasteiger partial charge in [0.25, 0.3) is 0 Å². The lowest BCUT2D eigenvalue weighted by atomic mass is 10.2. The minimum Gasteiger partial charge on any atom is -0.409 e. The summed E-state index contributed by atoms with van der Waals surface area (Å²) >= 11 is 0. The molecule has 5 nitrogen and oxygen atoms in total. The quantitative estimate of drug-likeness (QED) is 0.266. The van der Waals surface area contributed by atoms with Crippen LogP contribution in [0.1, 0.15) is 12.0 Å². The van der Waals surface area contributed by atoms with Crippen molar-refractivity contribution >= 4 is 11.5 Å². The van der Waals surface area contributed by atoms with Crippen molar-refractivity contribution in [3.05, 3.63) is 29.8 Å². The van der Waals surface area contributed by atoms with Crippen molar-refractivity contribution in [1.29, 1.82) is 0 Å². The highest BCUT2D eigenvalue weighted by atomic mass is 19.4. The number of nitrogens with zero attached hydrogens (tertiary/aromatic N) is 2. The second kappa shape index (κ2) is 7.72. The summed E-state index contributed by atoms with van der Waals surface area (Å²) in [5.41, 5.74) is 6.91. The molecule has 0 aliphatic carbocycles. The molecule has 0 aliphatic rings. The Hall–Kier alpha value is -1.96. The van der Waals surface area contributed by atoms with Crippen LogP contribution >= 0.6 is 0 Å². The van der Waals surface area contributed by atoms with Gasteiger partial charge in [-0.25, -0.2) is 0 Å². The summed E-state index contributed by atoms with van der Waals surface area (Å²) in [4.78, 5) is 1.88. The van der Waals surface area contributed by atoms with Gasteiger partial charge in [-0.2, -0.15) is 13.2 Å². The SMILES string of the molecule is CN(CCCOCC(F)(F)F)c1ccc(C(N)=NO)cc1. The molecule has 0 spiro atoms. The third kappa shape index (κ3) is 6.35. The molecule has 0 atom stereocenters. The van der Waals surface area contributed by atoms with Gasteiger partial charge in [0, 0.05) is 31.5 Å². The number of alkyl halides is 3. The van der Waals surface area contributed by atoms with Gasteiger partial charge in [-0.15, -0.1) is 0 Å². The first-order chi connectivity index (χ1) is 9.83. The molecular formula is C13H18F3N3O2. The van der Waals surface area contributed by atoms with E-state index >= 15 is 0 Å². The largest absolute Gasteiger partial charge is 0.411 e. The number of halogens is 3. The molecule has 1 aromatic carbocycles. The Labute approximate surface area is 120 Å². The monoisotopic (exact) mass is 305 g/mol. The molecule has 0 bridgehead atoms. The van der Waals surface area contributed by atoms with E-state index in [0.29, 0.717) is 18.5 Å². The van der Waals surface area contributed by atoms with E-state index in [1.165, 1.54) is 0 Å². The minimum atomic E-state index is -4.28. The normalized spacial score (nSPS) is 12.5. The molecule has 0 radical (unpaired) electrons. The Balaban J connectivity index is 2.37. The highest BCUT2D eigenvalue weighted by Gasteiger charge is 2.27. The van der Waals surface area contributed by atoms with E-state index in [1.54, 1.807) is 24.3 Å². The summed E-state index contributed by atoms with van der Waals surface area (Å²) in [6, 6.07) is 6.95. The third-order valence-electron chi connectivity index (χ3n) is 2.76. The zero-order chi connectivity index (χ0) is 15.9. The van der Waals surface area contributed by atoms with E-state index in [9.17, 15) is 13.2 Å². The number of anilines is 1. The smallest absolute Gasteiger partial charge is 0.409 e. The molecule has 0 fully saturated rings. The predicted molar refractivity (Wildman–Crippen MR) is 73.7 cm³/mol. The highest BCUT2D eigenvalue weighted by molar-refractivity contribution is 5.97. The van der Waals surface area contributed by atoms with Crippen LogP contribution in [0.4, 0.5) is 18.9 Å². The number of nitrogens with two attached hydrogens (primary N) is 1. The van der Waals surface area contributed by atoms with Crippen LogP contribution in [0, 0.1) is 0 Å². The lowest BCUT2D eigenvalue weighted by Crippen LogP contribution is -2.22. The summed E-state index contributed by atoms with van der Waals surface area (Å²) in [5, 5.41) is 11.4. The van der Waals surface area contributed by atoms with Crippen molar-refractivity contribution in [3.63, 3.8) is 0 Å². The van der Waals surface area contributed by atoms with Gasteiger partial charge >= 0.3 is 6.18 Å². The van der Waals surface area contributed by atoms with Crippen molar-refractivity contribution < 1.29 is 23.1 Å². The molecule has 0 unspecified atom stereocenters. The first kappa shape index (κ1) is 17.1. The molecule has 1 rings (SSSR count). The van der Waals surface area contributed by atoms with Crippen molar-refractivity contribution in [2.75, 3.05) is 31.7 Å². The van der Waals surface area contributed by atoms with E-state index < -0.39 is 12.8 Å². The second-order valence-electron chi connectivity index (χ2n) is 4.47.